The summed E-state index contributed by atoms with van der Waals surface area (Å²) in [5.74, 6) is -2.42. The van der Waals surface area contributed by atoms with Crippen molar-refractivity contribution in [2.45, 2.75) is 39.0 Å². The number of carboxylic acid groups (broad SMARTS) is 1. The Morgan fingerprint density at radius 2 is 1.74 bits per heavy atom. The van der Waals surface area contributed by atoms with Gasteiger partial charge in [0.1, 0.15) is 5.00 Å². The molecule has 0 bridgehead atoms. The van der Waals surface area contributed by atoms with Crippen molar-refractivity contribution in [1.82, 2.24) is 0 Å². The number of hydrogen-bond acceptors (Lipinski definition) is 4. The van der Waals surface area contributed by atoms with Crippen molar-refractivity contribution in [3.63, 3.8) is 0 Å². The Bertz CT molecular complexity index is 1030. The molecule has 0 aliphatic heterocycles. The molecule has 7 heteroatoms. The van der Waals surface area contributed by atoms with E-state index in [1.165, 1.54) is 11.3 Å². The number of benzene rings is 1. The van der Waals surface area contributed by atoms with Gasteiger partial charge in [-0.2, -0.15) is 0 Å². The van der Waals surface area contributed by atoms with E-state index in [-0.39, 0.29) is 11.8 Å². The number of carboxylic acids is 1. The highest BCUT2D eigenvalue weighted by Gasteiger charge is 2.35. The highest BCUT2D eigenvalue weighted by Crippen LogP contribution is 2.40. The third-order valence-electron chi connectivity index (χ3n) is 6.09. The summed E-state index contributed by atoms with van der Waals surface area (Å²) in [5.41, 5.74) is 2.21. The molecule has 2 aliphatic rings. The molecule has 1 aromatic heterocycles. The Kier molecular flexibility index (Phi) is 6.23. The van der Waals surface area contributed by atoms with Gasteiger partial charge in [-0.25, -0.2) is 0 Å². The Labute approximate surface area is 185 Å². The van der Waals surface area contributed by atoms with Crippen LogP contribution in [-0.4, -0.2) is 22.9 Å². The highest BCUT2D eigenvalue weighted by atomic mass is 32.1. The maximum absolute atomic E-state index is 13.2. The van der Waals surface area contributed by atoms with Crippen LogP contribution in [0.15, 0.2) is 42.5 Å². The first-order valence-corrected chi connectivity index (χ1v) is 11.4. The minimum absolute atomic E-state index is 0.244. The van der Waals surface area contributed by atoms with Crippen LogP contribution in [0.2, 0.25) is 0 Å². The number of carbonyl (C=O) groups is 3. The van der Waals surface area contributed by atoms with Gasteiger partial charge < -0.3 is 15.7 Å². The van der Waals surface area contributed by atoms with E-state index in [0.717, 1.165) is 29.7 Å². The number of allylic oxidation sites excluding steroid dienone is 2. The third kappa shape index (κ3) is 4.56. The number of para-hydroxylation sites is 1. The minimum Gasteiger partial charge on any atom is -0.481 e. The number of amides is 2. The van der Waals surface area contributed by atoms with Crippen molar-refractivity contribution < 1.29 is 19.5 Å². The summed E-state index contributed by atoms with van der Waals surface area (Å²) in [6, 6.07) is 9.23. The van der Waals surface area contributed by atoms with E-state index >= 15 is 0 Å². The molecule has 4 rings (SSSR count). The quantitative estimate of drug-likeness (QED) is 0.588. The number of fused-ring (bicyclic) bond motifs is 1. The van der Waals surface area contributed by atoms with Crippen LogP contribution in [0.4, 0.5) is 10.7 Å². The van der Waals surface area contributed by atoms with Gasteiger partial charge in [-0.1, -0.05) is 37.3 Å². The van der Waals surface area contributed by atoms with Crippen LogP contribution < -0.4 is 10.6 Å². The molecular formula is C24H26N2O4S. The maximum atomic E-state index is 13.2. The zero-order chi connectivity index (χ0) is 22.0. The summed E-state index contributed by atoms with van der Waals surface area (Å²) in [7, 11) is 0. The second-order valence-corrected chi connectivity index (χ2v) is 9.46. The molecule has 3 atom stereocenters. The van der Waals surface area contributed by atoms with Crippen molar-refractivity contribution in [2.75, 3.05) is 10.6 Å². The smallest absolute Gasteiger partial charge is 0.307 e. The van der Waals surface area contributed by atoms with Gasteiger partial charge in [0, 0.05) is 10.6 Å². The first kappa shape index (κ1) is 21.3. The molecule has 6 nitrogen and oxygen atoms in total. The molecule has 0 spiro atoms. The molecule has 2 amide bonds. The van der Waals surface area contributed by atoms with Crippen LogP contribution >= 0.6 is 11.3 Å². The molecule has 2 aromatic rings. The topological polar surface area (TPSA) is 95.5 Å². The zero-order valence-electron chi connectivity index (χ0n) is 17.4. The zero-order valence-corrected chi connectivity index (χ0v) is 18.2. The molecular weight excluding hydrogens is 412 g/mol. The van der Waals surface area contributed by atoms with Gasteiger partial charge in [-0.15, -0.1) is 11.3 Å². The molecule has 162 valence electrons. The predicted molar refractivity (Wildman–Crippen MR) is 122 cm³/mol. The van der Waals surface area contributed by atoms with Crippen LogP contribution in [0.5, 0.6) is 0 Å². The largest absolute Gasteiger partial charge is 0.481 e. The van der Waals surface area contributed by atoms with Crippen LogP contribution in [0, 0.1) is 17.8 Å². The van der Waals surface area contributed by atoms with E-state index in [4.69, 9.17) is 0 Å². The lowest BCUT2D eigenvalue weighted by Gasteiger charge is -2.24. The average molecular weight is 439 g/mol. The number of rotatable bonds is 5. The molecule has 0 fully saturated rings. The van der Waals surface area contributed by atoms with Crippen molar-refractivity contribution in [3.05, 3.63) is 58.5 Å². The number of aliphatic carboxylic acids is 1. The molecule has 0 saturated carbocycles. The Morgan fingerprint density at radius 3 is 2.45 bits per heavy atom. The van der Waals surface area contributed by atoms with Gasteiger partial charge in [0.25, 0.3) is 5.91 Å². The first-order valence-electron chi connectivity index (χ1n) is 10.6. The Morgan fingerprint density at radius 1 is 1.03 bits per heavy atom. The normalized spacial score (nSPS) is 22.4. The van der Waals surface area contributed by atoms with Gasteiger partial charge in [0.15, 0.2) is 0 Å². The van der Waals surface area contributed by atoms with E-state index in [1.807, 2.05) is 42.5 Å². The second kappa shape index (κ2) is 9.06. The number of nitrogens with one attached hydrogen (secondary N) is 2. The molecule has 2 aliphatic carbocycles. The van der Waals surface area contributed by atoms with Crippen molar-refractivity contribution in [1.29, 1.82) is 0 Å². The number of carbonyl (C=O) groups excluding carboxylic acids is 2. The van der Waals surface area contributed by atoms with E-state index in [2.05, 4.69) is 17.6 Å². The fourth-order valence-corrected chi connectivity index (χ4v) is 5.79. The van der Waals surface area contributed by atoms with Gasteiger partial charge in [-0.05, 0) is 55.7 Å². The van der Waals surface area contributed by atoms with E-state index < -0.39 is 17.8 Å². The van der Waals surface area contributed by atoms with E-state index in [0.29, 0.717) is 35.0 Å². The summed E-state index contributed by atoms with van der Waals surface area (Å²) in [5, 5.41) is 15.9. The SMILES string of the molecule is C[C@@H]1CCc2c(sc(NC(=O)[C@@H]3CC=CC[C@H]3C(=O)O)c2C(=O)Nc2ccccc2)C1. The fourth-order valence-electron chi connectivity index (χ4n) is 4.38. The van der Waals surface area contributed by atoms with Crippen molar-refractivity contribution >= 4 is 39.8 Å². The molecule has 0 radical (unpaired) electrons. The van der Waals surface area contributed by atoms with Gasteiger partial charge in [0.2, 0.25) is 5.91 Å². The summed E-state index contributed by atoms with van der Waals surface area (Å²) >= 11 is 1.45. The van der Waals surface area contributed by atoms with E-state index in [9.17, 15) is 19.5 Å². The lowest BCUT2D eigenvalue weighted by Crippen LogP contribution is -2.35. The van der Waals surface area contributed by atoms with Gasteiger partial charge in [0.05, 0.1) is 17.4 Å². The number of anilines is 2. The fraction of sp³-hybridized carbons (Fsp3) is 0.375. The average Bonchev–Trinajstić information content (AvgIpc) is 3.11. The summed E-state index contributed by atoms with van der Waals surface area (Å²) in [6.45, 7) is 2.19. The van der Waals surface area contributed by atoms with Crippen molar-refractivity contribution in [2.24, 2.45) is 17.8 Å². The van der Waals surface area contributed by atoms with Crippen LogP contribution in [0.1, 0.15) is 47.0 Å². The Hall–Kier alpha value is -2.93. The molecule has 0 unspecified atom stereocenters. The Balaban J connectivity index is 1.63. The van der Waals surface area contributed by atoms with Crippen LogP contribution in [-0.2, 0) is 22.4 Å². The predicted octanol–water partition coefficient (Wildman–Crippen LogP) is 4.73. The molecule has 3 N–H and O–H groups in total. The lowest BCUT2D eigenvalue weighted by atomic mass is 9.82. The standard InChI is InChI=1S/C24H26N2O4S/c1-14-11-12-18-19(13-14)31-23(20(18)22(28)25-15-7-3-2-4-8-15)26-21(27)16-9-5-6-10-17(16)24(29)30/h2-8,14,16-17H,9-13H2,1H3,(H,25,28)(H,26,27)(H,29,30)/t14-,16-,17-/m1/s1. The monoisotopic (exact) mass is 438 g/mol. The first-order chi connectivity index (χ1) is 14.9. The van der Waals surface area contributed by atoms with Crippen molar-refractivity contribution in [3.8, 4) is 0 Å². The third-order valence-corrected chi connectivity index (χ3v) is 7.26. The van der Waals surface area contributed by atoms with E-state index in [1.54, 1.807) is 0 Å². The molecule has 31 heavy (non-hydrogen) atoms. The lowest BCUT2D eigenvalue weighted by molar-refractivity contribution is -0.146. The molecule has 1 aromatic carbocycles. The number of thiophene rings is 1. The second-order valence-electron chi connectivity index (χ2n) is 8.36. The maximum Gasteiger partial charge on any atom is 0.307 e. The van der Waals surface area contributed by atoms with Crippen LogP contribution in [0.3, 0.4) is 0 Å². The minimum atomic E-state index is -0.967. The number of hydrogen-bond donors (Lipinski definition) is 3. The van der Waals surface area contributed by atoms with Gasteiger partial charge >= 0.3 is 5.97 Å². The summed E-state index contributed by atoms with van der Waals surface area (Å²) < 4.78 is 0. The van der Waals surface area contributed by atoms with Crippen LogP contribution in [0.25, 0.3) is 0 Å². The summed E-state index contributed by atoms with van der Waals surface area (Å²) in [4.78, 5) is 39.0. The molecule has 1 heterocycles. The summed E-state index contributed by atoms with van der Waals surface area (Å²) in [6.07, 6.45) is 7.07. The molecule has 0 saturated heterocycles. The van der Waals surface area contributed by atoms with Gasteiger partial charge in [-0.3, -0.25) is 14.4 Å². The highest BCUT2D eigenvalue weighted by molar-refractivity contribution is 7.17.